The van der Waals surface area contributed by atoms with E-state index in [-0.39, 0.29) is 72.5 Å². The van der Waals surface area contributed by atoms with Crippen LogP contribution in [0.2, 0.25) is 0 Å². The molecule has 0 unspecified atom stereocenters. The van der Waals surface area contributed by atoms with Crippen molar-refractivity contribution in [3.8, 4) is 46.0 Å². The van der Waals surface area contributed by atoms with Crippen molar-refractivity contribution >= 4 is 21.8 Å². The number of rotatable bonds is 17. The largest absolute Gasteiger partial charge is 0.493 e. The number of ether oxygens (including phenoxy) is 4. The average Bonchev–Trinajstić information content (AvgIpc) is 3.65. The summed E-state index contributed by atoms with van der Waals surface area (Å²) in [4.78, 5) is 43.9. The first-order chi connectivity index (χ1) is 24.1. The van der Waals surface area contributed by atoms with Crippen molar-refractivity contribution < 1.29 is 42.1 Å². The van der Waals surface area contributed by atoms with E-state index in [0.717, 1.165) is 5.56 Å². The summed E-state index contributed by atoms with van der Waals surface area (Å²) in [5.41, 5.74) is 1.40. The SMILES string of the molecule is COc1ccccc1Oc1c(NS(=O)(=O)c2ccc(C)cn2)nc(-c2ccnc(-c3nn[nH]n3)c2)nc1OCCOC(=O)CCCO[N+](=O)[O-]. The molecule has 0 saturated heterocycles. The molecule has 0 amide bonds. The van der Waals surface area contributed by atoms with Crippen molar-refractivity contribution in [2.75, 3.05) is 31.7 Å². The van der Waals surface area contributed by atoms with Gasteiger partial charge in [-0.05, 0) is 54.5 Å². The van der Waals surface area contributed by atoms with Crippen LogP contribution in [0.4, 0.5) is 5.82 Å². The highest BCUT2D eigenvalue weighted by Gasteiger charge is 2.26. The summed E-state index contributed by atoms with van der Waals surface area (Å²) < 4.78 is 52.3. The summed E-state index contributed by atoms with van der Waals surface area (Å²) in [7, 11) is -2.93. The van der Waals surface area contributed by atoms with Crippen molar-refractivity contribution in [2.45, 2.75) is 24.8 Å². The van der Waals surface area contributed by atoms with Gasteiger partial charge in [0.25, 0.3) is 21.0 Å². The van der Waals surface area contributed by atoms with Gasteiger partial charge in [-0.3, -0.25) is 14.5 Å². The van der Waals surface area contributed by atoms with Gasteiger partial charge in [-0.25, -0.2) is 9.97 Å². The molecule has 0 atom stereocenters. The zero-order valence-corrected chi connectivity index (χ0v) is 27.2. The lowest BCUT2D eigenvalue weighted by molar-refractivity contribution is -0.757. The molecule has 0 fully saturated rings. The smallest absolute Gasteiger partial charge is 0.305 e. The number of nitrogens with one attached hydrogen (secondary N) is 2. The first kappa shape index (κ1) is 34.8. The fourth-order valence-electron chi connectivity index (χ4n) is 4.11. The second-order valence-corrected chi connectivity index (χ2v) is 11.6. The maximum absolute atomic E-state index is 13.6. The fraction of sp³-hybridized carbons (Fsp3) is 0.241. The molecule has 0 aliphatic carbocycles. The molecule has 4 heterocycles. The monoisotopic (exact) mass is 708 g/mol. The van der Waals surface area contributed by atoms with Crippen LogP contribution < -0.4 is 18.9 Å². The van der Waals surface area contributed by atoms with Gasteiger partial charge in [0.05, 0.1) is 13.7 Å². The van der Waals surface area contributed by atoms with E-state index in [0.29, 0.717) is 17.0 Å². The van der Waals surface area contributed by atoms with Crippen LogP contribution in [0.3, 0.4) is 0 Å². The van der Waals surface area contributed by atoms with Gasteiger partial charge in [0.2, 0.25) is 11.6 Å². The second-order valence-electron chi connectivity index (χ2n) is 9.96. The van der Waals surface area contributed by atoms with E-state index in [1.807, 2.05) is 0 Å². The first-order valence-electron chi connectivity index (χ1n) is 14.6. The number of hydrogen-bond donors (Lipinski definition) is 2. The van der Waals surface area contributed by atoms with Crippen molar-refractivity contribution in [3.63, 3.8) is 0 Å². The number of anilines is 1. The molecule has 50 heavy (non-hydrogen) atoms. The Kier molecular flexibility index (Phi) is 11.2. The normalized spacial score (nSPS) is 11.0. The summed E-state index contributed by atoms with van der Waals surface area (Å²) in [5, 5.41) is 22.8. The zero-order chi connectivity index (χ0) is 35.5. The molecule has 5 rings (SSSR count). The second kappa shape index (κ2) is 16.1. The summed E-state index contributed by atoms with van der Waals surface area (Å²) in [6.07, 6.45) is 2.76. The van der Waals surface area contributed by atoms with Gasteiger partial charge in [0.1, 0.15) is 18.9 Å². The molecule has 0 bridgehead atoms. The fourth-order valence-corrected chi connectivity index (χ4v) is 5.04. The molecule has 5 aromatic rings. The number of nitrogens with zero attached hydrogens (tertiary/aromatic N) is 8. The van der Waals surface area contributed by atoms with E-state index in [1.165, 1.54) is 25.6 Å². The summed E-state index contributed by atoms with van der Waals surface area (Å²) in [6.45, 7) is 0.947. The van der Waals surface area contributed by atoms with Crippen LogP contribution in [0.1, 0.15) is 18.4 Å². The minimum absolute atomic E-state index is 0.0307. The van der Waals surface area contributed by atoms with Crippen LogP contribution in [0.15, 0.2) is 66.0 Å². The van der Waals surface area contributed by atoms with Gasteiger partial charge in [0.15, 0.2) is 28.2 Å². The molecule has 4 aromatic heterocycles. The number of aryl methyl sites for hydroxylation is 1. The van der Waals surface area contributed by atoms with E-state index in [1.54, 1.807) is 49.4 Å². The number of benzene rings is 1. The number of carbonyl (C=O) groups is 1. The number of aromatic amines is 1. The molecule has 1 aromatic carbocycles. The Labute approximate surface area is 283 Å². The van der Waals surface area contributed by atoms with E-state index >= 15 is 0 Å². The predicted octanol–water partition coefficient (Wildman–Crippen LogP) is 2.93. The Morgan fingerprint density at radius 3 is 2.56 bits per heavy atom. The van der Waals surface area contributed by atoms with Gasteiger partial charge >= 0.3 is 5.97 Å². The molecule has 0 radical (unpaired) electrons. The topological polar surface area (TPSA) is 259 Å². The molecule has 2 N–H and O–H groups in total. The van der Waals surface area contributed by atoms with Crippen molar-refractivity contribution in [1.29, 1.82) is 0 Å². The van der Waals surface area contributed by atoms with Crippen LogP contribution in [0.5, 0.6) is 23.1 Å². The standard InChI is InChI=1S/C29H28N10O10S/c1-18-9-10-23(31-17-18)50(43,44)36-28-25(49-22-7-4-3-6-21(22)45-2)29(47-15-14-46-24(40)8-5-13-48-39(41)42)33-26(32-28)19-11-12-30-20(16-19)27-34-37-38-35-27/h3-4,6-7,9-12,16-17H,5,8,13-15H2,1-2H3,(H,32,33,36)(H,34,35,37,38). The number of hydrogen-bond acceptors (Lipinski definition) is 17. The molecule has 0 spiro atoms. The predicted molar refractivity (Wildman–Crippen MR) is 170 cm³/mol. The van der Waals surface area contributed by atoms with Crippen LogP contribution in [-0.4, -0.2) is 87.0 Å². The minimum Gasteiger partial charge on any atom is -0.493 e. The third kappa shape index (κ3) is 9.09. The van der Waals surface area contributed by atoms with Crippen LogP contribution in [-0.2, 0) is 24.4 Å². The highest BCUT2D eigenvalue weighted by atomic mass is 32.2. The molecular formula is C29H28N10O10S. The van der Waals surface area contributed by atoms with E-state index in [4.69, 9.17) is 18.9 Å². The number of tetrazole rings is 1. The Morgan fingerprint density at radius 2 is 1.84 bits per heavy atom. The summed E-state index contributed by atoms with van der Waals surface area (Å²) in [6, 6.07) is 12.6. The third-order valence-corrected chi connectivity index (χ3v) is 7.66. The number of esters is 1. The molecule has 0 aliphatic rings. The Bertz CT molecular complexity index is 2050. The number of H-pyrrole nitrogens is 1. The van der Waals surface area contributed by atoms with Gasteiger partial charge in [0, 0.05) is 24.4 Å². The van der Waals surface area contributed by atoms with Crippen LogP contribution >= 0.6 is 0 Å². The quantitative estimate of drug-likeness (QED) is 0.0609. The first-order valence-corrected chi connectivity index (χ1v) is 16.1. The number of sulfonamides is 1. The summed E-state index contributed by atoms with van der Waals surface area (Å²) in [5.74, 6) is -0.886. The average molecular weight is 709 g/mol. The highest BCUT2D eigenvalue weighted by molar-refractivity contribution is 7.92. The molecule has 21 heteroatoms. The van der Waals surface area contributed by atoms with Crippen LogP contribution in [0.25, 0.3) is 22.9 Å². The van der Waals surface area contributed by atoms with Gasteiger partial charge in [-0.2, -0.15) is 18.6 Å². The highest BCUT2D eigenvalue weighted by Crippen LogP contribution is 2.41. The number of methoxy groups -OCH3 is 1. The molecule has 0 saturated carbocycles. The summed E-state index contributed by atoms with van der Waals surface area (Å²) >= 11 is 0. The van der Waals surface area contributed by atoms with Gasteiger partial charge in [-0.15, -0.1) is 20.3 Å². The van der Waals surface area contributed by atoms with Gasteiger partial charge in [-0.1, -0.05) is 18.2 Å². The van der Waals surface area contributed by atoms with E-state index in [2.05, 4.69) is 50.1 Å². The molecule has 260 valence electrons. The number of carbonyl (C=O) groups excluding carboxylic acids is 1. The van der Waals surface area contributed by atoms with Crippen molar-refractivity contribution in [1.82, 2.24) is 40.6 Å². The van der Waals surface area contributed by atoms with Crippen molar-refractivity contribution in [2.24, 2.45) is 0 Å². The van der Waals surface area contributed by atoms with Crippen molar-refractivity contribution in [3.05, 3.63) is 76.6 Å². The number of para-hydroxylation sites is 2. The third-order valence-electron chi connectivity index (χ3n) is 6.41. The van der Waals surface area contributed by atoms with E-state index in [9.17, 15) is 23.3 Å². The minimum atomic E-state index is -4.36. The lowest BCUT2D eigenvalue weighted by Gasteiger charge is -2.18. The lowest BCUT2D eigenvalue weighted by atomic mass is 10.2. The molecular weight excluding hydrogens is 680 g/mol. The Morgan fingerprint density at radius 1 is 1.02 bits per heavy atom. The lowest BCUT2D eigenvalue weighted by Crippen LogP contribution is -2.18. The van der Waals surface area contributed by atoms with E-state index < -0.39 is 21.1 Å². The molecule has 0 aliphatic heterocycles. The van der Waals surface area contributed by atoms with Crippen LogP contribution in [0, 0.1) is 17.0 Å². The van der Waals surface area contributed by atoms with Gasteiger partial charge < -0.3 is 23.8 Å². The Hall–Kier alpha value is -6.51. The Balaban J connectivity index is 1.53. The maximum Gasteiger partial charge on any atom is 0.305 e. The number of aromatic nitrogens is 8. The molecule has 20 nitrogen and oxygen atoms in total. The maximum atomic E-state index is 13.6. The number of pyridine rings is 2. The zero-order valence-electron chi connectivity index (χ0n) is 26.4.